The van der Waals surface area contributed by atoms with E-state index in [4.69, 9.17) is 49.7 Å². The molecular weight excluding hydrogens is 1210 g/mol. The number of rotatable bonds is 24. The molecule has 0 radical (unpaired) electrons. The Morgan fingerprint density at radius 2 is 1.32 bits per heavy atom. The molecule has 82 heavy (non-hydrogen) atoms. The van der Waals surface area contributed by atoms with Gasteiger partial charge in [0.2, 0.25) is 34.5 Å². The summed E-state index contributed by atoms with van der Waals surface area (Å²) < 4.78 is 134. The Hall–Kier alpha value is -5.16. The van der Waals surface area contributed by atoms with Crippen molar-refractivity contribution < 1.29 is 107 Å². The van der Waals surface area contributed by atoms with Crippen molar-refractivity contribution in [3.8, 4) is 0 Å². The maximum absolute atomic E-state index is 14.4. The minimum absolute atomic E-state index is 0.00874. The van der Waals surface area contributed by atoms with Gasteiger partial charge in [0.25, 0.3) is 16.7 Å². The Labute approximate surface area is 458 Å². The molecule has 3 saturated heterocycles. The third kappa shape index (κ3) is 12.6. The van der Waals surface area contributed by atoms with Crippen LogP contribution in [0.5, 0.6) is 0 Å². The number of imidazole rings is 3. The largest absolute Gasteiger partial charge is 0.778 e. The van der Waals surface area contributed by atoms with Crippen molar-refractivity contribution in [3.05, 3.63) is 46.0 Å². The smallest absolute Gasteiger partial charge is 0.490 e. The van der Waals surface area contributed by atoms with Crippen LogP contribution in [-0.2, 0) is 76.5 Å². The number of phosphoric ester groups is 2. The monoisotopic (exact) mass is 1260 g/mol. The number of fused-ring (bicyclic) bond motifs is 3. The van der Waals surface area contributed by atoms with E-state index in [-0.39, 0.29) is 63.4 Å². The van der Waals surface area contributed by atoms with Gasteiger partial charge in [-0.05, 0) is 6.42 Å². The van der Waals surface area contributed by atoms with E-state index in [2.05, 4.69) is 53.2 Å². The first kappa shape index (κ1) is 61.4. The number of aromatic amines is 2. The normalized spacial score (nSPS) is 29.1. The number of unbranched alkanes of at least 4 members (excludes halogenated alkanes) is 1. The summed E-state index contributed by atoms with van der Waals surface area (Å²) >= 11 is 0. The third-order valence-corrected chi connectivity index (χ3v) is 20.8. The van der Waals surface area contributed by atoms with Crippen LogP contribution in [0, 0.1) is 5.92 Å². The summed E-state index contributed by atoms with van der Waals surface area (Å²) in [6.45, 7) is -2.38. The second-order valence-corrected chi connectivity index (χ2v) is 27.1. The van der Waals surface area contributed by atoms with E-state index < -0.39 is 152 Å². The lowest BCUT2D eigenvalue weighted by molar-refractivity contribution is -0.646. The van der Waals surface area contributed by atoms with Gasteiger partial charge in [0, 0.05) is 19.6 Å². The number of ether oxygens (including phenoxy) is 4. The van der Waals surface area contributed by atoms with Gasteiger partial charge in [-0.25, -0.2) is 51.3 Å². The third-order valence-electron chi connectivity index (χ3n) is 13.2. The van der Waals surface area contributed by atoms with Gasteiger partial charge in [0.1, 0.15) is 50.0 Å². The number of aliphatic hydroxyl groups is 3. The lowest BCUT2D eigenvalue weighted by atomic mass is 9.98. The number of hydrogen-bond acceptors (Lipinski definition) is 30. The van der Waals surface area contributed by atoms with Crippen molar-refractivity contribution in [2.45, 2.75) is 86.8 Å². The van der Waals surface area contributed by atoms with Gasteiger partial charge in [-0.15, -0.1) is 0 Å². The number of H-pyrrole nitrogens is 2. The van der Waals surface area contributed by atoms with Crippen LogP contribution >= 0.6 is 31.1 Å². The van der Waals surface area contributed by atoms with Gasteiger partial charge < -0.3 is 80.1 Å². The molecule has 6 aromatic heterocycles. The van der Waals surface area contributed by atoms with Gasteiger partial charge in [-0.2, -0.15) is 23.2 Å². The van der Waals surface area contributed by atoms with Crippen molar-refractivity contribution >= 4 is 92.3 Å². The van der Waals surface area contributed by atoms with Crippen molar-refractivity contribution in [2.24, 2.45) is 13.0 Å². The Balaban J connectivity index is 0.897. The average molecular weight is 1260 g/mol. The molecule has 0 bridgehead atoms. The van der Waals surface area contributed by atoms with Crippen molar-refractivity contribution in [1.82, 2.24) is 58.3 Å². The zero-order chi connectivity index (χ0) is 59.6. The number of nitrogens with one attached hydrogen (secondary N) is 3. The van der Waals surface area contributed by atoms with E-state index in [9.17, 15) is 71.2 Å². The number of aryl methyl sites for hydroxylation is 1. The zero-order valence-electron chi connectivity index (χ0n) is 42.6. The molecule has 3 aliphatic rings. The maximum Gasteiger partial charge on any atom is 0.490 e. The zero-order valence-corrected chi connectivity index (χ0v) is 47.0. The molecule has 0 spiro atoms. The molecule has 0 saturated carbocycles. The predicted molar refractivity (Wildman–Crippen MR) is 270 cm³/mol. The number of nitrogens with zero attached hydrogens (tertiary/aromatic N) is 10. The van der Waals surface area contributed by atoms with E-state index >= 15 is 0 Å². The van der Waals surface area contributed by atoms with Crippen LogP contribution in [0.15, 0.2) is 34.9 Å². The number of aromatic nitrogens is 12. The molecule has 16 atom stereocenters. The van der Waals surface area contributed by atoms with Crippen LogP contribution in [0.1, 0.15) is 38.4 Å². The standard InChI is InChI=1S/C37H54N16O24P4S/c1-4-5-6-82(67,68)45-7-15-16(73-33(22(15)54)53-14-50(2)21-30(53)47-37(40)49-32(21)58)8-71-79(61,62)76-81(65,66)77-80(63,64)72-10-18-26(25(69-3)35(75-18)51-12-43-19-27(38)41-11-42-28(19)51)78(59,60)70-9-17-23(55)24(56)34(74-17)52-13-44-20-29(52)46-36(39)48-31(20)57/h11-18,22-26,33-35,45,54-56H,4-10H2,1-3H3,(H11-,38,39,40,41,42,46,47,48,49,57,58,59,60,61,62,63,64,65,66)/t15-,16-,17-,18-,22-,23-,24-,25-,26-,33-,34-,35-/m1/s1. The van der Waals surface area contributed by atoms with Crippen molar-refractivity contribution in [3.63, 3.8) is 0 Å². The van der Waals surface area contributed by atoms with E-state index in [0.717, 1.165) is 35.2 Å². The molecule has 9 heterocycles. The minimum atomic E-state index is -6.30. The molecule has 452 valence electrons. The molecule has 45 heteroatoms. The average Bonchev–Trinajstić information content (AvgIpc) is 4.43. The summed E-state index contributed by atoms with van der Waals surface area (Å²) in [7, 11) is -25.4. The van der Waals surface area contributed by atoms with Crippen molar-refractivity contribution in [2.75, 3.05) is 56.4 Å². The van der Waals surface area contributed by atoms with E-state index in [1.807, 2.05) is 0 Å². The highest BCUT2D eigenvalue weighted by atomic mass is 32.2. The molecule has 0 amide bonds. The van der Waals surface area contributed by atoms with Crippen LogP contribution in [0.25, 0.3) is 33.5 Å². The Bertz CT molecular complexity index is 3810. The molecule has 40 nitrogen and oxygen atoms in total. The number of hydrogen-bond donors (Lipinski definition) is 12. The Kier molecular flexibility index (Phi) is 17.5. The first-order chi connectivity index (χ1) is 38.4. The first-order valence-corrected chi connectivity index (χ1v) is 31.8. The summed E-state index contributed by atoms with van der Waals surface area (Å²) in [4.78, 5) is 100. The highest BCUT2D eigenvalue weighted by molar-refractivity contribution is 7.89. The summed E-state index contributed by atoms with van der Waals surface area (Å²) in [6, 6.07) is 0. The SMILES string of the molecule is CCCCS(=O)(=O)NC[C@H]1[C@@H](O)[C@H](n2c[n+](C)c3c(=O)[nH]c(N)nc32)O[C@@H]1COP(=O)(O)OP(=O)(O)OP(=O)(O)OC[C@H]1O[C@@H](n2cnc3c(N)ncnc32)[C@H](OC)[C@@H]1P(=O)([O-])OC[C@H]1O[C@@H](n2cnc3c(=O)[nH]c(N)nc32)[C@H](O)[C@@H]1O. The highest BCUT2D eigenvalue weighted by Crippen LogP contribution is 2.68. The fraction of sp³-hybridized carbons (Fsp3) is 0.595. The molecule has 15 N–H and O–H groups in total. The molecular formula is C37H54N16O24P4S. The summed E-state index contributed by atoms with van der Waals surface area (Å²) in [5.74, 6) is -2.45. The number of methoxy groups -OCH3 is 1. The maximum atomic E-state index is 14.4. The molecule has 3 aliphatic heterocycles. The fourth-order valence-electron chi connectivity index (χ4n) is 9.44. The van der Waals surface area contributed by atoms with Crippen LogP contribution in [0.3, 0.4) is 0 Å². The number of nitrogen functional groups attached to an aromatic ring is 3. The van der Waals surface area contributed by atoms with Gasteiger partial charge in [-0.1, -0.05) is 13.3 Å². The molecule has 9 rings (SSSR count). The summed E-state index contributed by atoms with van der Waals surface area (Å²) in [5.41, 5.74) is 13.3. The lowest BCUT2D eigenvalue weighted by Crippen LogP contribution is -2.40. The van der Waals surface area contributed by atoms with Crippen LogP contribution in [-0.4, -0.2) is 180 Å². The van der Waals surface area contributed by atoms with E-state index in [1.54, 1.807) is 6.92 Å². The molecule has 0 aliphatic carbocycles. The lowest BCUT2D eigenvalue weighted by Gasteiger charge is -2.35. The second kappa shape index (κ2) is 23.4. The first-order valence-electron chi connectivity index (χ1n) is 24.0. The molecule has 3 fully saturated rings. The Morgan fingerprint density at radius 3 is 1.98 bits per heavy atom. The van der Waals surface area contributed by atoms with E-state index in [0.29, 0.717) is 6.42 Å². The van der Waals surface area contributed by atoms with Crippen LogP contribution < -0.4 is 42.5 Å². The second-order valence-electron chi connectivity index (χ2n) is 18.7. The van der Waals surface area contributed by atoms with E-state index in [1.165, 1.54) is 22.5 Å². The Morgan fingerprint density at radius 1 is 0.744 bits per heavy atom. The summed E-state index contributed by atoms with van der Waals surface area (Å²) in [5, 5.41) is 33.5. The number of sulfonamides is 1. The number of nitrogens with two attached hydrogens (primary N) is 3. The number of aliphatic hydroxyl groups excluding tert-OH is 3. The molecule has 6 aromatic rings. The highest BCUT2D eigenvalue weighted by Gasteiger charge is 2.55. The minimum Gasteiger partial charge on any atom is -0.778 e. The van der Waals surface area contributed by atoms with Gasteiger partial charge in [-0.3, -0.25) is 37.7 Å². The summed E-state index contributed by atoms with van der Waals surface area (Å²) in [6.07, 6.45) is -11.7. The molecule has 4 unspecified atom stereocenters. The van der Waals surface area contributed by atoms with Crippen LogP contribution in [0.4, 0.5) is 17.7 Å². The van der Waals surface area contributed by atoms with Crippen molar-refractivity contribution in [1.29, 1.82) is 0 Å². The van der Waals surface area contributed by atoms with Gasteiger partial charge in [0.15, 0.2) is 35.1 Å². The van der Waals surface area contributed by atoms with Gasteiger partial charge in [0.05, 0.1) is 63.1 Å². The van der Waals surface area contributed by atoms with Crippen LogP contribution in [0.2, 0.25) is 0 Å². The quantitative estimate of drug-likeness (QED) is 0.0201. The molecule has 0 aromatic carbocycles. The van der Waals surface area contributed by atoms with Gasteiger partial charge >= 0.3 is 29.0 Å². The fourth-order valence-corrected chi connectivity index (χ4v) is 15.9. The number of phosphoric acid groups is 3. The topological polar surface area (TPSA) is 582 Å². The number of anilines is 3. The predicted octanol–water partition coefficient (Wildman–Crippen LogP) is -4.30.